The summed E-state index contributed by atoms with van der Waals surface area (Å²) >= 11 is 0. The van der Waals surface area contributed by atoms with Gasteiger partial charge in [-0.25, -0.2) is 0 Å². The first-order valence-electron chi connectivity index (χ1n) is 8.44. The summed E-state index contributed by atoms with van der Waals surface area (Å²) in [4.78, 5) is 17.0. The Morgan fingerprint density at radius 3 is 2.19 bits per heavy atom. The van der Waals surface area contributed by atoms with Gasteiger partial charge in [0.15, 0.2) is 12.4 Å². The van der Waals surface area contributed by atoms with E-state index in [9.17, 15) is 4.79 Å². The van der Waals surface area contributed by atoms with Crippen molar-refractivity contribution in [2.75, 3.05) is 0 Å². The monoisotopic (exact) mass is 360 g/mol. The molecule has 6 heteroatoms. The molecule has 0 amide bonds. The van der Waals surface area contributed by atoms with Gasteiger partial charge in [-0.3, -0.25) is 4.79 Å². The van der Waals surface area contributed by atoms with Gasteiger partial charge in [-0.15, -0.1) is 0 Å². The number of hydrogen-bond donors (Lipinski definition) is 0. The molecule has 0 unspecified atom stereocenters. The number of aromatic nitrogens is 2. The zero-order valence-corrected chi connectivity index (χ0v) is 14.3. The normalized spacial score (nSPS) is 10.9. The van der Waals surface area contributed by atoms with E-state index < -0.39 is 5.92 Å². The first-order chi connectivity index (χ1) is 13.3. The van der Waals surface area contributed by atoms with E-state index in [1.54, 1.807) is 12.1 Å². The Morgan fingerprint density at radius 1 is 0.926 bits per heavy atom. The molecule has 0 aliphatic carbocycles. The molecular weight excluding hydrogens is 344 g/mol. The summed E-state index contributed by atoms with van der Waals surface area (Å²) in [6.45, 7) is -0.0841. The zero-order chi connectivity index (χ0) is 18.5. The average Bonchev–Trinajstić information content (AvgIpc) is 3.40. The van der Waals surface area contributed by atoms with Crippen molar-refractivity contribution in [2.24, 2.45) is 0 Å². The largest absolute Gasteiger partial charge is 0.459 e. The topological polar surface area (TPSA) is 78.4 Å². The Labute approximate surface area is 155 Å². The van der Waals surface area contributed by atoms with E-state index >= 15 is 0 Å². The van der Waals surface area contributed by atoms with Gasteiger partial charge < -0.3 is 13.7 Å². The highest BCUT2D eigenvalue weighted by Crippen LogP contribution is 2.26. The molecule has 4 rings (SSSR count). The van der Waals surface area contributed by atoms with Gasteiger partial charge in [0.05, 0.1) is 6.26 Å². The highest BCUT2D eigenvalue weighted by molar-refractivity contribution is 5.82. The van der Waals surface area contributed by atoms with E-state index in [2.05, 4.69) is 10.1 Å². The Bertz CT molecular complexity index is 956. The second-order valence-electron chi connectivity index (χ2n) is 5.86. The van der Waals surface area contributed by atoms with E-state index in [0.29, 0.717) is 5.76 Å². The molecule has 0 aliphatic heterocycles. The number of benzene rings is 2. The third-order valence-electron chi connectivity index (χ3n) is 4.05. The summed E-state index contributed by atoms with van der Waals surface area (Å²) in [5.74, 6) is 0.0791. The van der Waals surface area contributed by atoms with Crippen LogP contribution < -0.4 is 0 Å². The predicted molar refractivity (Wildman–Crippen MR) is 96.5 cm³/mol. The first kappa shape index (κ1) is 16.8. The fourth-order valence-electron chi connectivity index (χ4n) is 2.79. The van der Waals surface area contributed by atoms with E-state index in [1.807, 2.05) is 60.7 Å². The number of hydrogen-bond acceptors (Lipinski definition) is 6. The maximum atomic E-state index is 12.8. The number of rotatable bonds is 6. The summed E-state index contributed by atoms with van der Waals surface area (Å²) in [5.41, 5.74) is 1.72. The Kier molecular flexibility index (Phi) is 4.78. The minimum atomic E-state index is -0.524. The quantitative estimate of drug-likeness (QED) is 0.479. The van der Waals surface area contributed by atoms with E-state index in [4.69, 9.17) is 13.7 Å². The van der Waals surface area contributed by atoms with Crippen LogP contribution in [0.15, 0.2) is 88.0 Å². The van der Waals surface area contributed by atoms with Gasteiger partial charge in [-0.1, -0.05) is 65.8 Å². The Morgan fingerprint density at radius 2 is 1.59 bits per heavy atom. The van der Waals surface area contributed by atoms with Gasteiger partial charge in [0.25, 0.3) is 5.89 Å². The average molecular weight is 360 g/mol. The molecule has 0 aliphatic rings. The second kappa shape index (κ2) is 7.70. The molecule has 2 aromatic carbocycles. The predicted octanol–water partition coefficient (Wildman–Crippen LogP) is 4.20. The van der Waals surface area contributed by atoms with Crippen molar-refractivity contribution in [1.29, 1.82) is 0 Å². The molecule has 4 aromatic rings. The van der Waals surface area contributed by atoms with Crippen LogP contribution >= 0.6 is 0 Å². The van der Waals surface area contributed by atoms with Crippen LogP contribution in [0.2, 0.25) is 0 Å². The lowest BCUT2D eigenvalue weighted by Gasteiger charge is -2.16. The van der Waals surface area contributed by atoms with E-state index in [-0.39, 0.29) is 24.3 Å². The minimum Gasteiger partial charge on any atom is -0.459 e. The van der Waals surface area contributed by atoms with Gasteiger partial charge in [0.1, 0.15) is 5.92 Å². The standard InChI is InChI=1S/C21H16N2O4/c24-21(26-14-18-22-20(27-23-18)17-12-7-13-25-17)19(15-8-3-1-4-9-15)16-10-5-2-6-11-16/h1-13,19H,14H2. The van der Waals surface area contributed by atoms with Crippen molar-refractivity contribution in [2.45, 2.75) is 12.5 Å². The minimum absolute atomic E-state index is 0.0841. The van der Waals surface area contributed by atoms with Crippen molar-refractivity contribution in [1.82, 2.24) is 10.1 Å². The number of carbonyl (C=O) groups excluding carboxylic acids is 1. The molecule has 2 heterocycles. The molecule has 0 N–H and O–H groups in total. The number of ether oxygens (including phenoxy) is 1. The van der Waals surface area contributed by atoms with Gasteiger partial charge >= 0.3 is 5.97 Å². The van der Waals surface area contributed by atoms with Crippen molar-refractivity contribution < 1.29 is 18.5 Å². The maximum absolute atomic E-state index is 12.8. The molecule has 6 nitrogen and oxygen atoms in total. The number of carbonyl (C=O) groups is 1. The molecule has 0 bridgehead atoms. The molecular formula is C21H16N2O4. The molecule has 27 heavy (non-hydrogen) atoms. The summed E-state index contributed by atoms with van der Waals surface area (Å²) < 4.78 is 15.8. The van der Waals surface area contributed by atoms with Crippen LogP contribution in [0.4, 0.5) is 0 Å². The number of esters is 1. The number of furan rings is 1. The second-order valence-corrected chi connectivity index (χ2v) is 5.86. The van der Waals surface area contributed by atoms with Gasteiger partial charge in [-0.2, -0.15) is 4.98 Å². The lowest BCUT2D eigenvalue weighted by Crippen LogP contribution is -2.17. The van der Waals surface area contributed by atoms with Crippen molar-refractivity contribution in [3.05, 3.63) is 96.0 Å². The smallest absolute Gasteiger partial charge is 0.318 e. The molecule has 0 spiro atoms. The van der Waals surface area contributed by atoms with Crippen LogP contribution in [0.3, 0.4) is 0 Å². The molecule has 134 valence electrons. The molecule has 0 atom stereocenters. The zero-order valence-electron chi connectivity index (χ0n) is 14.3. The maximum Gasteiger partial charge on any atom is 0.318 e. The van der Waals surface area contributed by atoms with Crippen molar-refractivity contribution in [3.8, 4) is 11.7 Å². The summed E-state index contributed by atoms with van der Waals surface area (Å²) in [5, 5.41) is 3.83. The van der Waals surface area contributed by atoms with Crippen LogP contribution in [0.5, 0.6) is 0 Å². The molecule has 0 saturated carbocycles. The lowest BCUT2D eigenvalue weighted by atomic mass is 9.91. The molecule has 2 aromatic heterocycles. The van der Waals surface area contributed by atoms with Crippen LogP contribution in [0.1, 0.15) is 22.9 Å². The fraction of sp³-hybridized carbons (Fsp3) is 0.0952. The Hall–Kier alpha value is -3.67. The molecule has 0 saturated heterocycles. The summed E-state index contributed by atoms with van der Waals surface area (Å²) in [6, 6.07) is 22.5. The SMILES string of the molecule is O=C(OCc1noc(-c2ccco2)n1)C(c1ccccc1)c1ccccc1. The van der Waals surface area contributed by atoms with Crippen LogP contribution in [-0.4, -0.2) is 16.1 Å². The lowest BCUT2D eigenvalue weighted by molar-refractivity contribution is -0.146. The molecule has 0 radical (unpaired) electrons. The van der Waals surface area contributed by atoms with Crippen LogP contribution in [0.25, 0.3) is 11.7 Å². The summed E-state index contributed by atoms with van der Waals surface area (Å²) in [7, 11) is 0. The third kappa shape index (κ3) is 3.79. The van der Waals surface area contributed by atoms with Crippen molar-refractivity contribution in [3.63, 3.8) is 0 Å². The highest BCUT2D eigenvalue weighted by Gasteiger charge is 2.24. The van der Waals surface area contributed by atoms with Gasteiger partial charge in [0, 0.05) is 0 Å². The number of nitrogens with zero attached hydrogens (tertiary/aromatic N) is 2. The van der Waals surface area contributed by atoms with E-state index in [0.717, 1.165) is 11.1 Å². The fourth-order valence-corrected chi connectivity index (χ4v) is 2.79. The highest BCUT2D eigenvalue weighted by atomic mass is 16.5. The summed E-state index contributed by atoms with van der Waals surface area (Å²) in [6.07, 6.45) is 1.52. The van der Waals surface area contributed by atoms with Crippen LogP contribution in [-0.2, 0) is 16.1 Å². The third-order valence-corrected chi connectivity index (χ3v) is 4.05. The van der Waals surface area contributed by atoms with Crippen LogP contribution in [0, 0.1) is 0 Å². The first-order valence-corrected chi connectivity index (χ1v) is 8.44. The molecule has 0 fully saturated rings. The van der Waals surface area contributed by atoms with Crippen molar-refractivity contribution >= 4 is 5.97 Å². The van der Waals surface area contributed by atoms with Gasteiger partial charge in [-0.05, 0) is 23.3 Å². The Balaban J connectivity index is 1.51. The van der Waals surface area contributed by atoms with Gasteiger partial charge in [0.2, 0.25) is 5.82 Å². The van der Waals surface area contributed by atoms with E-state index in [1.165, 1.54) is 6.26 Å².